The second-order valence-electron chi connectivity index (χ2n) is 6.90. The van der Waals surface area contributed by atoms with Crippen molar-refractivity contribution in [3.05, 3.63) is 76.8 Å². The van der Waals surface area contributed by atoms with Gasteiger partial charge in [-0.15, -0.1) is 0 Å². The standard InChI is InChI=1S/C23H25ClFN3O/c1-2-9-23(29)26-15-7-3-4-14-22-27-20-12-5-6-13-21(20)28(22)16-17-18(24)10-8-11-19(17)25/h2,5-6,8-13H,3-4,7,14-16H2,1H3,(H,26,29)/b9-2+. The van der Waals surface area contributed by atoms with Gasteiger partial charge in [-0.2, -0.15) is 0 Å². The normalized spacial score (nSPS) is 11.4. The topological polar surface area (TPSA) is 46.9 Å². The second-order valence-corrected chi connectivity index (χ2v) is 7.31. The van der Waals surface area contributed by atoms with E-state index in [4.69, 9.17) is 16.6 Å². The van der Waals surface area contributed by atoms with E-state index in [9.17, 15) is 9.18 Å². The molecule has 3 rings (SSSR count). The number of nitrogens with zero attached hydrogens (tertiary/aromatic N) is 2. The fourth-order valence-electron chi connectivity index (χ4n) is 3.34. The van der Waals surface area contributed by atoms with Crippen molar-refractivity contribution in [2.45, 2.75) is 39.2 Å². The number of imidazole rings is 1. The quantitative estimate of drug-likeness (QED) is 0.383. The SMILES string of the molecule is C/C=C/C(=O)NCCCCCc1nc2ccccc2n1Cc1c(F)cccc1Cl. The van der Waals surface area contributed by atoms with E-state index >= 15 is 0 Å². The van der Waals surface area contributed by atoms with E-state index in [0.29, 0.717) is 23.7 Å². The van der Waals surface area contributed by atoms with E-state index in [1.54, 1.807) is 18.2 Å². The smallest absolute Gasteiger partial charge is 0.243 e. The molecular formula is C23H25ClFN3O. The van der Waals surface area contributed by atoms with Gasteiger partial charge in [-0.3, -0.25) is 4.79 Å². The largest absolute Gasteiger partial charge is 0.353 e. The number of amides is 1. The predicted molar refractivity (Wildman–Crippen MR) is 116 cm³/mol. The summed E-state index contributed by atoms with van der Waals surface area (Å²) in [6.07, 6.45) is 6.84. The van der Waals surface area contributed by atoms with Crippen LogP contribution < -0.4 is 5.32 Å². The van der Waals surface area contributed by atoms with E-state index in [1.165, 1.54) is 12.1 Å². The molecule has 0 bridgehead atoms. The number of hydrogen-bond donors (Lipinski definition) is 1. The van der Waals surface area contributed by atoms with Gasteiger partial charge in [0, 0.05) is 23.6 Å². The molecule has 0 aliphatic heterocycles. The number of unbranched alkanes of at least 4 members (excludes halogenated alkanes) is 2. The van der Waals surface area contributed by atoms with Gasteiger partial charge in [0.2, 0.25) is 5.91 Å². The average molecular weight is 414 g/mol. The van der Waals surface area contributed by atoms with Crippen LogP contribution in [0.5, 0.6) is 0 Å². The number of carbonyl (C=O) groups is 1. The van der Waals surface area contributed by atoms with E-state index in [2.05, 4.69) is 5.32 Å². The van der Waals surface area contributed by atoms with Crippen molar-refractivity contribution in [2.75, 3.05) is 6.54 Å². The summed E-state index contributed by atoms with van der Waals surface area (Å²) in [6.45, 7) is 2.82. The van der Waals surface area contributed by atoms with Gasteiger partial charge < -0.3 is 9.88 Å². The van der Waals surface area contributed by atoms with Gasteiger partial charge >= 0.3 is 0 Å². The van der Waals surface area contributed by atoms with Crippen LogP contribution in [0.1, 0.15) is 37.6 Å². The third kappa shape index (κ3) is 5.45. The zero-order valence-corrected chi connectivity index (χ0v) is 17.3. The van der Waals surface area contributed by atoms with Crippen molar-refractivity contribution >= 4 is 28.5 Å². The number of hydrogen-bond acceptors (Lipinski definition) is 2. The molecule has 2 aromatic carbocycles. The van der Waals surface area contributed by atoms with E-state index < -0.39 is 0 Å². The van der Waals surface area contributed by atoms with Crippen LogP contribution in [0.3, 0.4) is 0 Å². The Kier molecular flexibility index (Phi) is 7.42. The molecule has 3 aromatic rings. The first-order valence-electron chi connectivity index (χ1n) is 9.87. The van der Waals surface area contributed by atoms with Gasteiger partial charge in [0.25, 0.3) is 0 Å². The molecule has 0 unspecified atom stereocenters. The minimum Gasteiger partial charge on any atom is -0.353 e. The summed E-state index contributed by atoms with van der Waals surface area (Å²) in [5.41, 5.74) is 2.35. The van der Waals surface area contributed by atoms with Gasteiger partial charge in [0.15, 0.2) is 0 Å². The Morgan fingerprint density at radius 1 is 1.17 bits per heavy atom. The molecule has 152 valence electrons. The number of nitrogens with one attached hydrogen (secondary N) is 1. The number of aromatic nitrogens is 2. The summed E-state index contributed by atoms with van der Waals surface area (Å²) >= 11 is 6.25. The summed E-state index contributed by atoms with van der Waals surface area (Å²) in [7, 11) is 0. The highest BCUT2D eigenvalue weighted by Gasteiger charge is 2.14. The number of aryl methyl sites for hydroxylation is 1. The lowest BCUT2D eigenvalue weighted by molar-refractivity contribution is -0.116. The molecule has 0 atom stereocenters. The van der Waals surface area contributed by atoms with E-state index in [-0.39, 0.29) is 11.7 Å². The molecule has 0 radical (unpaired) electrons. The maximum Gasteiger partial charge on any atom is 0.243 e. The molecule has 1 heterocycles. The Bertz CT molecular complexity index is 992. The zero-order valence-electron chi connectivity index (χ0n) is 16.5. The lowest BCUT2D eigenvalue weighted by atomic mass is 10.1. The molecule has 1 aromatic heterocycles. The Hall–Kier alpha value is -2.66. The number of carbonyl (C=O) groups excluding carboxylic acids is 1. The van der Waals surface area contributed by atoms with Crippen molar-refractivity contribution in [3.8, 4) is 0 Å². The summed E-state index contributed by atoms with van der Waals surface area (Å²) < 4.78 is 16.4. The fraction of sp³-hybridized carbons (Fsp3) is 0.304. The van der Waals surface area contributed by atoms with Crippen molar-refractivity contribution in [1.82, 2.24) is 14.9 Å². The molecule has 0 saturated carbocycles. The molecule has 1 amide bonds. The van der Waals surface area contributed by atoms with E-state index in [0.717, 1.165) is 42.5 Å². The van der Waals surface area contributed by atoms with Crippen LogP contribution in [-0.2, 0) is 17.8 Å². The number of rotatable bonds is 9. The van der Waals surface area contributed by atoms with Gasteiger partial charge in [0.05, 0.1) is 17.6 Å². The van der Waals surface area contributed by atoms with Gasteiger partial charge in [0.1, 0.15) is 11.6 Å². The highest BCUT2D eigenvalue weighted by molar-refractivity contribution is 6.31. The van der Waals surface area contributed by atoms with Crippen molar-refractivity contribution < 1.29 is 9.18 Å². The number of fused-ring (bicyclic) bond motifs is 1. The minimum absolute atomic E-state index is 0.0592. The third-order valence-corrected chi connectivity index (χ3v) is 5.16. The molecule has 0 saturated heterocycles. The molecule has 0 aliphatic carbocycles. The van der Waals surface area contributed by atoms with Crippen molar-refractivity contribution in [3.63, 3.8) is 0 Å². The summed E-state index contributed by atoms with van der Waals surface area (Å²) in [4.78, 5) is 16.2. The molecule has 4 nitrogen and oxygen atoms in total. The van der Waals surface area contributed by atoms with Crippen LogP contribution in [0.25, 0.3) is 11.0 Å². The third-order valence-electron chi connectivity index (χ3n) is 4.81. The lowest BCUT2D eigenvalue weighted by Gasteiger charge is -2.12. The van der Waals surface area contributed by atoms with Crippen LogP contribution in [0.2, 0.25) is 5.02 Å². The number of para-hydroxylation sites is 2. The van der Waals surface area contributed by atoms with Gasteiger partial charge in [-0.1, -0.05) is 42.3 Å². The summed E-state index contributed by atoms with van der Waals surface area (Å²) in [5.74, 6) is 0.553. The van der Waals surface area contributed by atoms with Crippen LogP contribution in [0.15, 0.2) is 54.6 Å². The molecular weight excluding hydrogens is 389 g/mol. The van der Waals surface area contributed by atoms with Crippen LogP contribution >= 0.6 is 11.6 Å². The van der Waals surface area contributed by atoms with Crippen molar-refractivity contribution in [2.24, 2.45) is 0 Å². The molecule has 6 heteroatoms. The Labute approximate surface area is 175 Å². The first kappa shape index (κ1) is 21.1. The Morgan fingerprint density at radius 2 is 2.00 bits per heavy atom. The molecule has 29 heavy (non-hydrogen) atoms. The summed E-state index contributed by atoms with van der Waals surface area (Å²) in [5, 5.41) is 3.28. The summed E-state index contributed by atoms with van der Waals surface area (Å²) in [6, 6.07) is 12.6. The van der Waals surface area contributed by atoms with Gasteiger partial charge in [-0.25, -0.2) is 9.37 Å². The molecule has 0 aliphatic rings. The number of allylic oxidation sites excluding steroid dienone is 1. The second kappa shape index (κ2) is 10.2. The van der Waals surface area contributed by atoms with Crippen molar-refractivity contribution in [1.29, 1.82) is 0 Å². The monoisotopic (exact) mass is 413 g/mol. The average Bonchev–Trinajstić information content (AvgIpc) is 3.05. The van der Waals surface area contributed by atoms with Gasteiger partial charge in [-0.05, 0) is 50.1 Å². The molecule has 1 N–H and O–H groups in total. The van der Waals surface area contributed by atoms with Crippen LogP contribution in [-0.4, -0.2) is 22.0 Å². The first-order valence-corrected chi connectivity index (χ1v) is 10.3. The highest BCUT2D eigenvalue weighted by Crippen LogP contribution is 2.24. The molecule has 0 fully saturated rings. The Morgan fingerprint density at radius 3 is 2.79 bits per heavy atom. The zero-order chi connectivity index (χ0) is 20.6. The fourth-order valence-corrected chi connectivity index (χ4v) is 3.56. The van der Waals surface area contributed by atoms with Crippen LogP contribution in [0, 0.1) is 5.82 Å². The maximum absolute atomic E-state index is 14.3. The predicted octanol–water partition coefficient (Wildman–Crippen LogP) is 5.28. The Balaban J connectivity index is 1.68. The minimum atomic E-state index is -0.307. The highest BCUT2D eigenvalue weighted by atomic mass is 35.5. The van der Waals surface area contributed by atoms with E-state index in [1.807, 2.05) is 35.8 Å². The first-order chi connectivity index (χ1) is 14.1. The lowest BCUT2D eigenvalue weighted by Crippen LogP contribution is -2.21. The number of halogens is 2. The van der Waals surface area contributed by atoms with Crippen LogP contribution in [0.4, 0.5) is 4.39 Å². The maximum atomic E-state index is 14.3. The number of benzene rings is 2. The molecule has 0 spiro atoms.